The Balaban J connectivity index is 2.40. The minimum atomic E-state index is -3.41. The van der Waals surface area contributed by atoms with Gasteiger partial charge in [0.15, 0.2) is 0 Å². The first kappa shape index (κ1) is 15.8. The summed E-state index contributed by atoms with van der Waals surface area (Å²) in [7, 11) is -3.41. The second-order valence-electron chi connectivity index (χ2n) is 4.64. The van der Waals surface area contributed by atoms with Gasteiger partial charge >= 0.3 is 0 Å². The predicted molar refractivity (Wildman–Crippen MR) is 69.4 cm³/mol. The van der Waals surface area contributed by atoms with Crippen LogP contribution in [0.5, 0.6) is 0 Å². The summed E-state index contributed by atoms with van der Waals surface area (Å²) >= 11 is 0. The quantitative estimate of drug-likeness (QED) is 0.685. The van der Waals surface area contributed by atoms with Crippen molar-refractivity contribution in [1.82, 2.24) is 9.03 Å². The van der Waals surface area contributed by atoms with Gasteiger partial charge in [0.25, 0.3) is 10.2 Å². The zero-order chi connectivity index (χ0) is 13.6. The van der Waals surface area contributed by atoms with E-state index in [-0.39, 0.29) is 25.2 Å². The van der Waals surface area contributed by atoms with Gasteiger partial charge in [-0.05, 0) is 32.6 Å². The number of nitrogens with zero attached hydrogens (tertiary/aromatic N) is 1. The molecule has 1 unspecified atom stereocenters. The lowest BCUT2D eigenvalue weighted by molar-refractivity contribution is 0.0794. The largest absolute Gasteiger partial charge is 0.396 e. The molecule has 0 radical (unpaired) electrons. The van der Waals surface area contributed by atoms with Crippen molar-refractivity contribution < 1.29 is 18.3 Å². The van der Waals surface area contributed by atoms with Gasteiger partial charge in [-0.2, -0.15) is 17.4 Å². The van der Waals surface area contributed by atoms with E-state index >= 15 is 0 Å². The van der Waals surface area contributed by atoms with E-state index in [1.165, 1.54) is 4.31 Å². The monoisotopic (exact) mass is 280 g/mol. The van der Waals surface area contributed by atoms with Crippen molar-refractivity contribution in [2.45, 2.75) is 32.8 Å². The Morgan fingerprint density at radius 2 is 2.06 bits per heavy atom. The summed E-state index contributed by atoms with van der Waals surface area (Å²) in [6.45, 7) is 5.67. The molecule has 0 saturated carbocycles. The molecule has 0 aliphatic carbocycles. The summed E-state index contributed by atoms with van der Waals surface area (Å²) in [4.78, 5) is 0. The maximum Gasteiger partial charge on any atom is 0.279 e. The van der Waals surface area contributed by atoms with Crippen LogP contribution in [-0.2, 0) is 14.9 Å². The van der Waals surface area contributed by atoms with Crippen LogP contribution in [0.1, 0.15) is 26.7 Å². The third-order valence-electron chi connectivity index (χ3n) is 3.18. The number of aliphatic hydroxyl groups is 1. The Hall–Kier alpha value is -0.210. The fraction of sp³-hybridized carbons (Fsp3) is 1.00. The minimum Gasteiger partial charge on any atom is -0.396 e. The van der Waals surface area contributed by atoms with Gasteiger partial charge in [-0.25, -0.2) is 0 Å². The smallest absolute Gasteiger partial charge is 0.279 e. The summed E-state index contributed by atoms with van der Waals surface area (Å²) < 4.78 is 33.3. The van der Waals surface area contributed by atoms with Crippen LogP contribution in [0.4, 0.5) is 0 Å². The second kappa shape index (κ2) is 7.40. The van der Waals surface area contributed by atoms with Crippen LogP contribution in [0.15, 0.2) is 0 Å². The minimum absolute atomic E-state index is 0.125. The molecule has 1 saturated heterocycles. The summed E-state index contributed by atoms with van der Waals surface area (Å²) in [6.07, 6.45) is 1.32. The highest BCUT2D eigenvalue weighted by Crippen LogP contribution is 2.18. The molecule has 0 aromatic carbocycles. The molecule has 1 fully saturated rings. The van der Waals surface area contributed by atoms with E-state index in [1.807, 2.05) is 13.8 Å². The molecule has 1 atom stereocenters. The number of rotatable bonds is 7. The number of hydrogen-bond acceptors (Lipinski definition) is 4. The second-order valence-corrected chi connectivity index (χ2v) is 6.40. The fourth-order valence-corrected chi connectivity index (χ4v) is 3.31. The Bertz CT molecular complexity index is 326. The van der Waals surface area contributed by atoms with Crippen LogP contribution in [0.25, 0.3) is 0 Å². The highest BCUT2D eigenvalue weighted by molar-refractivity contribution is 7.87. The molecule has 2 N–H and O–H groups in total. The highest BCUT2D eigenvalue weighted by Gasteiger charge is 2.27. The van der Waals surface area contributed by atoms with Crippen LogP contribution < -0.4 is 4.72 Å². The first-order chi connectivity index (χ1) is 8.49. The van der Waals surface area contributed by atoms with E-state index in [2.05, 4.69) is 4.72 Å². The van der Waals surface area contributed by atoms with Gasteiger partial charge in [-0.15, -0.1) is 0 Å². The number of piperidine rings is 1. The summed E-state index contributed by atoms with van der Waals surface area (Å²) in [5.74, 6) is 0.235. The lowest BCUT2D eigenvalue weighted by atomic mass is 10.00. The third-order valence-corrected chi connectivity index (χ3v) is 4.75. The van der Waals surface area contributed by atoms with Crippen LogP contribution in [0.3, 0.4) is 0 Å². The maximum atomic E-state index is 12.0. The first-order valence-corrected chi connectivity index (χ1v) is 7.90. The fourth-order valence-electron chi connectivity index (χ4n) is 1.99. The van der Waals surface area contributed by atoms with E-state index < -0.39 is 10.2 Å². The van der Waals surface area contributed by atoms with Crippen LogP contribution in [-0.4, -0.2) is 56.8 Å². The maximum absolute atomic E-state index is 12.0. The summed E-state index contributed by atoms with van der Waals surface area (Å²) in [5.41, 5.74) is 0. The summed E-state index contributed by atoms with van der Waals surface area (Å²) in [5, 5.41) is 9.02. The van der Waals surface area contributed by atoms with Crippen molar-refractivity contribution in [1.29, 1.82) is 0 Å². The van der Waals surface area contributed by atoms with Gasteiger partial charge < -0.3 is 9.84 Å². The molecule has 7 heteroatoms. The van der Waals surface area contributed by atoms with Gasteiger partial charge in [-0.3, -0.25) is 0 Å². The SMILES string of the molecule is CCOC(C)CNS(=O)(=O)N1CCC(CO)CC1. The van der Waals surface area contributed by atoms with Gasteiger partial charge in [0.2, 0.25) is 0 Å². The number of hydrogen-bond donors (Lipinski definition) is 2. The Morgan fingerprint density at radius 1 is 1.44 bits per heavy atom. The van der Waals surface area contributed by atoms with Crippen LogP contribution in [0, 0.1) is 5.92 Å². The van der Waals surface area contributed by atoms with Gasteiger partial charge in [0.05, 0.1) is 6.10 Å². The molecule has 1 aliphatic rings. The molecule has 1 heterocycles. The molecular weight excluding hydrogens is 256 g/mol. The standard InChI is InChI=1S/C11H24N2O4S/c1-3-17-10(2)8-12-18(15,16)13-6-4-11(9-14)5-7-13/h10-12,14H,3-9H2,1-2H3. The van der Waals surface area contributed by atoms with Crippen molar-refractivity contribution in [3.05, 3.63) is 0 Å². The molecule has 1 aliphatic heterocycles. The molecule has 0 amide bonds. The first-order valence-electron chi connectivity index (χ1n) is 6.46. The Kier molecular flexibility index (Phi) is 6.51. The van der Waals surface area contributed by atoms with E-state index in [0.717, 1.165) is 12.8 Å². The molecular formula is C11H24N2O4S. The van der Waals surface area contributed by atoms with Crippen molar-refractivity contribution in [3.63, 3.8) is 0 Å². The average molecular weight is 280 g/mol. The Labute approximate surface area is 109 Å². The van der Waals surface area contributed by atoms with Crippen molar-refractivity contribution >= 4 is 10.2 Å². The third kappa shape index (κ3) is 4.81. The van der Waals surface area contributed by atoms with Crippen molar-refractivity contribution in [2.75, 3.05) is 32.8 Å². The normalized spacial score (nSPS) is 21.1. The molecule has 108 valence electrons. The van der Waals surface area contributed by atoms with E-state index in [9.17, 15) is 8.42 Å². The lowest BCUT2D eigenvalue weighted by Gasteiger charge is -2.30. The molecule has 6 nitrogen and oxygen atoms in total. The molecule has 0 aromatic rings. The zero-order valence-corrected chi connectivity index (χ0v) is 11.9. The predicted octanol–water partition coefficient (Wildman–Crippen LogP) is -0.0499. The Morgan fingerprint density at radius 3 is 2.56 bits per heavy atom. The molecule has 18 heavy (non-hydrogen) atoms. The molecule has 0 bridgehead atoms. The van der Waals surface area contributed by atoms with E-state index in [0.29, 0.717) is 19.7 Å². The van der Waals surface area contributed by atoms with E-state index in [1.54, 1.807) is 0 Å². The lowest BCUT2D eigenvalue weighted by Crippen LogP contribution is -2.47. The number of ether oxygens (including phenoxy) is 1. The van der Waals surface area contributed by atoms with Crippen molar-refractivity contribution in [2.24, 2.45) is 5.92 Å². The zero-order valence-electron chi connectivity index (χ0n) is 11.1. The van der Waals surface area contributed by atoms with Gasteiger partial charge in [0, 0.05) is 32.8 Å². The topological polar surface area (TPSA) is 78.9 Å². The van der Waals surface area contributed by atoms with Crippen LogP contribution in [0.2, 0.25) is 0 Å². The van der Waals surface area contributed by atoms with Crippen molar-refractivity contribution in [3.8, 4) is 0 Å². The average Bonchev–Trinajstić information content (AvgIpc) is 2.37. The number of aliphatic hydroxyl groups excluding tert-OH is 1. The highest BCUT2D eigenvalue weighted by atomic mass is 32.2. The number of nitrogens with one attached hydrogen (secondary N) is 1. The van der Waals surface area contributed by atoms with Gasteiger partial charge in [-0.1, -0.05) is 0 Å². The van der Waals surface area contributed by atoms with Crippen LogP contribution >= 0.6 is 0 Å². The molecule has 0 aromatic heterocycles. The van der Waals surface area contributed by atoms with Gasteiger partial charge in [0.1, 0.15) is 0 Å². The van der Waals surface area contributed by atoms with E-state index in [4.69, 9.17) is 9.84 Å². The molecule has 1 rings (SSSR count). The molecule has 0 spiro atoms. The summed E-state index contributed by atoms with van der Waals surface area (Å²) in [6, 6.07) is 0.